The topological polar surface area (TPSA) is 58.6 Å². The molecule has 0 aromatic rings. The maximum Gasteiger partial charge on any atom is 0.410 e. The Hall–Kier alpha value is -1.26. The van der Waals surface area contributed by atoms with Crippen LogP contribution in [0.5, 0.6) is 0 Å². The average Bonchev–Trinajstić information content (AvgIpc) is 2.59. The van der Waals surface area contributed by atoms with E-state index >= 15 is 0 Å². The van der Waals surface area contributed by atoms with Gasteiger partial charge in [0.1, 0.15) is 5.60 Å². The molecule has 5 aliphatic rings. The highest BCUT2D eigenvalue weighted by Gasteiger charge is 2.53. The van der Waals surface area contributed by atoms with Crippen LogP contribution in [0.25, 0.3) is 0 Å². The maximum absolute atomic E-state index is 13.0. The molecule has 2 amide bonds. The minimum Gasteiger partial charge on any atom is -0.444 e. The second-order valence-corrected chi connectivity index (χ2v) is 11.3. The fraction of sp³-hybridized carbons (Fsp3) is 0.913. The quantitative estimate of drug-likeness (QED) is 0.779. The first-order valence-corrected chi connectivity index (χ1v) is 11.4. The molecule has 1 heterocycles. The molecule has 4 aliphatic carbocycles. The van der Waals surface area contributed by atoms with Crippen molar-refractivity contribution in [3.63, 3.8) is 0 Å². The summed E-state index contributed by atoms with van der Waals surface area (Å²) in [7, 11) is 0. The number of carbonyl (C=O) groups excluding carboxylic acids is 2. The lowest BCUT2D eigenvalue weighted by molar-refractivity contribution is -0.131. The standard InChI is InChI=1S/C23H38N2O3/c1-15(23-12-16-9-17(13-23)11-18(10-16)14-23)24-20(26)19-5-7-25(8-6-19)21(27)28-22(2,3)4/h15-19H,5-14H2,1-4H3,(H,24,26)/t15-,16?,17?,18?,23?/m0/s1. The summed E-state index contributed by atoms with van der Waals surface area (Å²) >= 11 is 0. The van der Waals surface area contributed by atoms with Gasteiger partial charge in [0.2, 0.25) is 5.91 Å². The van der Waals surface area contributed by atoms with E-state index in [1.165, 1.54) is 38.5 Å². The number of piperidine rings is 1. The number of nitrogens with zero attached hydrogens (tertiary/aromatic N) is 1. The summed E-state index contributed by atoms with van der Waals surface area (Å²) in [5.74, 6) is 2.94. The summed E-state index contributed by atoms with van der Waals surface area (Å²) in [4.78, 5) is 26.9. The number of carbonyl (C=O) groups is 2. The number of ether oxygens (including phenoxy) is 1. The molecule has 4 saturated carbocycles. The molecule has 5 rings (SSSR count). The molecule has 5 nitrogen and oxygen atoms in total. The van der Waals surface area contributed by atoms with Crippen LogP contribution < -0.4 is 5.32 Å². The third kappa shape index (κ3) is 4.04. The lowest BCUT2D eigenvalue weighted by Crippen LogP contribution is -2.57. The third-order valence-corrected chi connectivity index (χ3v) is 7.88. The van der Waals surface area contributed by atoms with Crippen molar-refractivity contribution in [3.8, 4) is 0 Å². The van der Waals surface area contributed by atoms with Gasteiger partial charge in [0.05, 0.1) is 0 Å². The van der Waals surface area contributed by atoms with E-state index in [0.717, 1.165) is 30.6 Å². The van der Waals surface area contributed by atoms with Crippen molar-refractivity contribution in [1.29, 1.82) is 0 Å². The van der Waals surface area contributed by atoms with E-state index in [0.29, 0.717) is 18.5 Å². The molecule has 158 valence electrons. The molecule has 5 fully saturated rings. The third-order valence-electron chi connectivity index (χ3n) is 7.88. The normalized spacial score (nSPS) is 36.3. The Morgan fingerprint density at radius 1 is 1.00 bits per heavy atom. The van der Waals surface area contributed by atoms with Crippen LogP contribution >= 0.6 is 0 Å². The number of likely N-dealkylation sites (tertiary alicyclic amines) is 1. The molecule has 28 heavy (non-hydrogen) atoms. The molecule has 0 radical (unpaired) electrons. The van der Waals surface area contributed by atoms with Gasteiger partial charge in [0, 0.05) is 25.0 Å². The highest BCUT2D eigenvalue weighted by Crippen LogP contribution is 2.61. The zero-order chi connectivity index (χ0) is 20.1. The summed E-state index contributed by atoms with van der Waals surface area (Å²) in [6, 6.07) is 0.275. The van der Waals surface area contributed by atoms with Gasteiger partial charge in [-0.3, -0.25) is 4.79 Å². The zero-order valence-corrected chi connectivity index (χ0v) is 18.1. The van der Waals surface area contributed by atoms with E-state index < -0.39 is 5.60 Å². The van der Waals surface area contributed by atoms with Gasteiger partial charge in [0.25, 0.3) is 0 Å². The lowest BCUT2D eigenvalue weighted by Gasteiger charge is -2.59. The average molecular weight is 391 g/mol. The largest absolute Gasteiger partial charge is 0.444 e. The monoisotopic (exact) mass is 390 g/mol. The number of hydrogen-bond acceptors (Lipinski definition) is 3. The molecule has 4 bridgehead atoms. The first kappa shape index (κ1) is 20.0. The molecule has 1 N–H and O–H groups in total. The first-order valence-electron chi connectivity index (χ1n) is 11.4. The summed E-state index contributed by atoms with van der Waals surface area (Å²) in [6.07, 6.45) is 9.47. The Bertz CT molecular complexity index is 581. The van der Waals surface area contributed by atoms with Crippen molar-refractivity contribution in [2.45, 2.75) is 90.7 Å². The Morgan fingerprint density at radius 3 is 1.96 bits per heavy atom. The predicted molar refractivity (Wildman–Crippen MR) is 109 cm³/mol. The minimum absolute atomic E-state index is 0.0232. The SMILES string of the molecule is C[C@H](NC(=O)C1CCN(C(=O)OC(C)(C)C)CC1)C12CC3CC(CC(C3)C1)C2. The van der Waals surface area contributed by atoms with Gasteiger partial charge in [-0.15, -0.1) is 0 Å². The Balaban J connectivity index is 1.29. The van der Waals surface area contributed by atoms with Crippen LogP contribution in [0.4, 0.5) is 4.79 Å². The number of nitrogens with one attached hydrogen (secondary N) is 1. The summed E-state index contributed by atoms with van der Waals surface area (Å²) in [5, 5.41) is 3.42. The van der Waals surface area contributed by atoms with Crippen LogP contribution in [-0.4, -0.2) is 41.6 Å². The molecule has 1 aliphatic heterocycles. The van der Waals surface area contributed by atoms with Crippen molar-refractivity contribution < 1.29 is 14.3 Å². The maximum atomic E-state index is 13.0. The highest BCUT2D eigenvalue weighted by molar-refractivity contribution is 5.79. The van der Waals surface area contributed by atoms with Crippen molar-refractivity contribution in [3.05, 3.63) is 0 Å². The van der Waals surface area contributed by atoms with Crippen molar-refractivity contribution in [2.24, 2.45) is 29.1 Å². The molecular weight excluding hydrogens is 352 g/mol. The van der Waals surface area contributed by atoms with Gasteiger partial charge >= 0.3 is 6.09 Å². The van der Waals surface area contributed by atoms with Gasteiger partial charge in [-0.2, -0.15) is 0 Å². The van der Waals surface area contributed by atoms with Crippen LogP contribution in [0.1, 0.15) is 79.1 Å². The smallest absolute Gasteiger partial charge is 0.410 e. The molecule has 5 heteroatoms. The van der Waals surface area contributed by atoms with Crippen LogP contribution in [0.15, 0.2) is 0 Å². The predicted octanol–water partition coefficient (Wildman–Crippen LogP) is 4.35. The lowest BCUT2D eigenvalue weighted by atomic mass is 9.48. The Kier molecular flexibility index (Phi) is 5.16. The van der Waals surface area contributed by atoms with E-state index in [9.17, 15) is 9.59 Å². The molecule has 0 spiro atoms. The molecule has 0 unspecified atom stereocenters. The number of amides is 2. The van der Waals surface area contributed by atoms with E-state index in [1.807, 2.05) is 20.8 Å². The van der Waals surface area contributed by atoms with Gasteiger partial charge in [-0.05, 0) is 102 Å². The van der Waals surface area contributed by atoms with Crippen molar-refractivity contribution >= 4 is 12.0 Å². The van der Waals surface area contributed by atoms with E-state index in [-0.39, 0.29) is 24.0 Å². The molecule has 0 aromatic carbocycles. The first-order chi connectivity index (χ1) is 13.1. The van der Waals surface area contributed by atoms with Gasteiger partial charge in [-0.25, -0.2) is 4.79 Å². The fourth-order valence-electron chi connectivity index (χ4n) is 6.84. The van der Waals surface area contributed by atoms with Gasteiger partial charge in [0.15, 0.2) is 0 Å². The molecular formula is C23H38N2O3. The van der Waals surface area contributed by atoms with E-state index in [4.69, 9.17) is 4.74 Å². The summed E-state index contributed by atoms with van der Waals surface area (Å²) in [6.45, 7) is 9.13. The Morgan fingerprint density at radius 2 is 1.50 bits per heavy atom. The van der Waals surface area contributed by atoms with Crippen molar-refractivity contribution in [1.82, 2.24) is 10.2 Å². The molecule has 1 saturated heterocycles. The zero-order valence-electron chi connectivity index (χ0n) is 18.1. The van der Waals surface area contributed by atoms with Gasteiger partial charge < -0.3 is 15.0 Å². The molecule has 1 atom stereocenters. The van der Waals surface area contributed by atoms with Crippen LogP contribution in [0.3, 0.4) is 0 Å². The van der Waals surface area contributed by atoms with Crippen molar-refractivity contribution in [2.75, 3.05) is 13.1 Å². The van der Waals surface area contributed by atoms with Crippen LogP contribution in [-0.2, 0) is 9.53 Å². The fourth-order valence-corrected chi connectivity index (χ4v) is 6.84. The van der Waals surface area contributed by atoms with E-state index in [2.05, 4.69) is 12.2 Å². The van der Waals surface area contributed by atoms with E-state index in [1.54, 1.807) is 4.90 Å². The minimum atomic E-state index is -0.474. The molecule has 0 aromatic heterocycles. The van der Waals surface area contributed by atoms with Crippen LogP contribution in [0.2, 0.25) is 0 Å². The highest BCUT2D eigenvalue weighted by atomic mass is 16.6. The Labute approximate surface area is 169 Å². The number of rotatable bonds is 3. The van der Waals surface area contributed by atoms with Gasteiger partial charge in [-0.1, -0.05) is 0 Å². The second-order valence-electron chi connectivity index (χ2n) is 11.3. The second kappa shape index (κ2) is 7.21. The number of hydrogen-bond donors (Lipinski definition) is 1. The summed E-state index contributed by atoms with van der Waals surface area (Å²) in [5.41, 5.74) is -0.125. The summed E-state index contributed by atoms with van der Waals surface area (Å²) < 4.78 is 5.46. The van der Waals surface area contributed by atoms with Crippen LogP contribution in [0, 0.1) is 29.1 Å².